The Kier molecular flexibility index (Phi) is 5.60. The molecule has 144 valence electrons. The minimum Gasteiger partial charge on any atom is -0.481 e. The Morgan fingerprint density at radius 3 is 2.18 bits per heavy atom. The van der Waals surface area contributed by atoms with Crippen molar-refractivity contribution in [2.24, 2.45) is 5.92 Å². The van der Waals surface area contributed by atoms with Crippen LogP contribution in [0.5, 0.6) is 0 Å². The van der Waals surface area contributed by atoms with Crippen LogP contribution in [0.1, 0.15) is 34.2 Å². The first-order chi connectivity index (χ1) is 13.6. The maximum Gasteiger partial charge on any atom is 0.306 e. The molecule has 0 aliphatic carbocycles. The van der Waals surface area contributed by atoms with Crippen molar-refractivity contribution >= 4 is 17.3 Å². The number of nitrogens with zero attached hydrogens (tertiary/aromatic N) is 1. The minimum absolute atomic E-state index is 0.193. The van der Waals surface area contributed by atoms with Crippen molar-refractivity contribution in [3.63, 3.8) is 0 Å². The number of carbonyl (C=O) groups is 1. The predicted octanol–water partition coefficient (Wildman–Crippen LogP) is 5.61. The second-order valence-electron chi connectivity index (χ2n) is 7.49. The lowest BCUT2D eigenvalue weighted by Crippen LogP contribution is -2.39. The Hall–Kier alpha value is -2.43. The Morgan fingerprint density at radius 1 is 0.964 bits per heavy atom. The highest BCUT2D eigenvalue weighted by molar-refractivity contribution is 7.12. The fourth-order valence-electron chi connectivity index (χ4n) is 4.05. The van der Waals surface area contributed by atoms with Crippen molar-refractivity contribution < 1.29 is 9.90 Å². The number of rotatable bonds is 5. The maximum absolute atomic E-state index is 11.3. The monoisotopic (exact) mass is 391 g/mol. The van der Waals surface area contributed by atoms with E-state index in [9.17, 15) is 9.90 Å². The number of aryl methyl sites for hydroxylation is 1. The molecule has 1 aliphatic heterocycles. The smallest absolute Gasteiger partial charge is 0.306 e. The maximum atomic E-state index is 11.3. The van der Waals surface area contributed by atoms with Crippen molar-refractivity contribution in [2.45, 2.75) is 25.8 Å². The van der Waals surface area contributed by atoms with E-state index < -0.39 is 5.97 Å². The summed E-state index contributed by atoms with van der Waals surface area (Å²) in [5, 5.41) is 9.32. The molecule has 1 fully saturated rings. The fraction of sp³-hybridized carbons (Fsp3) is 0.292. The molecule has 4 heteroatoms. The molecule has 28 heavy (non-hydrogen) atoms. The van der Waals surface area contributed by atoms with Crippen molar-refractivity contribution in [3.05, 3.63) is 82.0 Å². The van der Waals surface area contributed by atoms with E-state index in [0.717, 1.165) is 25.9 Å². The van der Waals surface area contributed by atoms with Crippen molar-refractivity contribution in [1.29, 1.82) is 0 Å². The zero-order valence-electron chi connectivity index (χ0n) is 16.0. The van der Waals surface area contributed by atoms with Gasteiger partial charge in [0.1, 0.15) is 0 Å². The average molecular weight is 392 g/mol. The van der Waals surface area contributed by atoms with Crippen LogP contribution in [0.25, 0.3) is 11.1 Å². The van der Waals surface area contributed by atoms with Crippen molar-refractivity contribution in [2.75, 3.05) is 13.1 Å². The van der Waals surface area contributed by atoms with Gasteiger partial charge in [-0.1, -0.05) is 54.6 Å². The normalized spacial score (nSPS) is 16.8. The summed E-state index contributed by atoms with van der Waals surface area (Å²) in [6.07, 6.45) is 1.44. The molecule has 1 unspecified atom stereocenters. The number of thiophene rings is 1. The lowest BCUT2D eigenvalue weighted by Gasteiger charge is -2.36. The first-order valence-electron chi connectivity index (χ1n) is 9.80. The third kappa shape index (κ3) is 4.03. The Balaban J connectivity index is 1.62. The Bertz CT molecular complexity index is 925. The molecule has 0 spiro atoms. The van der Waals surface area contributed by atoms with E-state index in [-0.39, 0.29) is 12.0 Å². The summed E-state index contributed by atoms with van der Waals surface area (Å²) >= 11 is 1.83. The summed E-state index contributed by atoms with van der Waals surface area (Å²) in [5.74, 6) is -0.863. The predicted molar refractivity (Wildman–Crippen MR) is 115 cm³/mol. The van der Waals surface area contributed by atoms with Gasteiger partial charge in [-0.2, -0.15) is 0 Å². The van der Waals surface area contributed by atoms with Gasteiger partial charge < -0.3 is 5.11 Å². The van der Waals surface area contributed by atoms with Crippen molar-refractivity contribution in [1.82, 2.24) is 4.90 Å². The van der Waals surface area contributed by atoms with Crippen LogP contribution in [0.3, 0.4) is 0 Å². The molecule has 1 aromatic heterocycles. The van der Waals surface area contributed by atoms with Crippen LogP contribution in [0.4, 0.5) is 0 Å². The molecular weight excluding hydrogens is 366 g/mol. The summed E-state index contributed by atoms with van der Waals surface area (Å²) in [7, 11) is 0. The highest BCUT2D eigenvalue weighted by Gasteiger charge is 2.30. The molecule has 3 nitrogen and oxygen atoms in total. The quantitative estimate of drug-likeness (QED) is 0.614. The molecule has 0 radical (unpaired) electrons. The molecule has 1 atom stereocenters. The van der Waals surface area contributed by atoms with Crippen molar-refractivity contribution in [3.8, 4) is 11.1 Å². The summed E-state index contributed by atoms with van der Waals surface area (Å²) in [5.41, 5.74) is 3.71. The number of hydrogen-bond donors (Lipinski definition) is 1. The highest BCUT2D eigenvalue weighted by Crippen LogP contribution is 2.36. The number of carboxylic acids is 1. The minimum atomic E-state index is -0.657. The first kappa shape index (κ1) is 18.9. The van der Waals surface area contributed by atoms with Gasteiger partial charge in [0.25, 0.3) is 0 Å². The Morgan fingerprint density at radius 2 is 1.61 bits per heavy atom. The van der Waals surface area contributed by atoms with Crippen LogP contribution < -0.4 is 0 Å². The number of aliphatic carboxylic acids is 1. The molecule has 0 saturated carbocycles. The lowest BCUT2D eigenvalue weighted by molar-refractivity contribution is -0.143. The summed E-state index contributed by atoms with van der Waals surface area (Å²) < 4.78 is 0. The molecule has 2 aromatic carbocycles. The van der Waals surface area contributed by atoms with E-state index in [2.05, 4.69) is 72.5 Å². The Labute approximate surface area is 170 Å². The zero-order valence-corrected chi connectivity index (χ0v) is 16.9. The largest absolute Gasteiger partial charge is 0.481 e. The molecule has 4 rings (SSSR count). The van der Waals surface area contributed by atoms with Gasteiger partial charge in [0.05, 0.1) is 12.0 Å². The number of carboxylic acid groups (broad SMARTS) is 1. The molecule has 0 amide bonds. The second-order valence-corrected chi connectivity index (χ2v) is 8.81. The SMILES string of the molecule is Cc1ccc(C(c2ccc(-c3ccccc3)cc2)N2CCC(C(=O)O)CC2)s1. The molecule has 1 aliphatic rings. The lowest BCUT2D eigenvalue weighted by atomic mass is 9.93. The van der Waals surface area contributed by atoms with Gasteiger partial charge in [-0.3, -0.25) is 9.69 Å². The van der Waals surface area contributed by atoms with Crippen LogP contribution >= 0.6 is 11.3 Å². The van der Waals surface area contributed by atoms with Gasteiger partial charge >= 0.3 is 5.97 Å². The van der Waals surface area contributed by atoms with Crippen LogP contribution in [0, 0.1) is 12.8 Å². The number of likely N-dealkylation sites (tertiary alicyclic amines) is 1. The van der Waals surface area contributed by atoms with Crippen LogP contribution in [-0.4, -0.2) is 29.1 Å². The van der Waals surface area contributed by atoms with Gasteiger partial charge in [0.15, 0.2) is 0 Å². The molecule has 1 N–H and O–H groups in total. The third-order valence-electron chi connectivity index (χ3n) is 5.61. The zero-order chi connectivity index (χ0) is 19.5. The highest BCUT2D eigenvalue weighted by atomic mass is 32.1. The van der Waals surface area contributed by atoms with E-state index in [1.165, 1.54) is 26.4 Å². The summed E-state index contributed by atoms with van der Waals surface area (Å²) in [6.45, 7) is 3.78. The van der Waals surface area contributed by atoms with Crippen LogP contribution in [0.2, 0.25) is 0 Å². The third-order valence-corrected chi connectivity index (χ3v) is 6.66. The standard InChI is InChI=1S/C24H25NO2S/c1-17-7-12-22(28-17)23(25-15-13-21(14-16-25)24(26)27)20-10-8-19(9-11-20)18-5-3-2-4-6-18/h2-12,21,23H,13-16H2,1H3,(H,26,27). The van der Waals surface area contributed by atoms with Gasteiger partial charge in [-0.05, 0) is 61.7 Å². The van der Waals surface area contributed by atoms with Gasteiger partial charge in [0.2, 0.25) is 0 Å². The van der Waals surface area contributed by atoms with E-state index >= 15 is 0 Å². The van der Waals surface area contributed by atoms with Gasteiger partial charge in [-0.15, -0.1) is 11.3 Å². The summed E-state index contributed by atoms with van der Waals surface area (Å²) in [6, 6.07) is 23.9. The van der Waals surface area contributed by atoms with E-state index in [1.807, 2.05) is 17.4 Å². The topological polar surface area (TPSA) is 40.5 Å². The molecular formula is C24H25NO2S. The second kappa shape index (κ2) is 8.29. The van der Waals surface area contributed by atoms with Gasteiger partial charge in [0, 0.05) is 9.75 Å². The molecule has 1 saturated heterocycles. The van der Waals surface area contributed by atoms with Gasteiger partial charge in [-0.25, -0.2) is 0 Å². The number of benzene rings is 2. The van der Waals surface area contributed by atoms with E-state index in [4.69, 9.17) is 0 Å². The summed E-state index contributed by atoms with van der Waals surface area (Å²) in [4.78, 5) is 16.4. The van der Waals surface area contributed by atoms with E-state index in [1.54, 1.807) is 0 Å². The molecule has 2 heterocycles. The van der Waals surface area contributed by atoms with Crippen LogP contribution in [-0.2, 0) is 4.79 Å². The number of piperidine rings is 1. The fourth-order valence-corrected chi connectivity index (χ4v) is 5.09. The molecule has 0 bridgehead atoms. The average Bonchev–Trinajstić information content (AvgIpc) is 3.15. The molecule has 3 aromatic rings. The first-order valence-corrected chi connectivity index (χ1v) is 10.6. The van der Waals surface area contributed by atoms with Crippen LogP contribution in [0.15, 0.2) is 66.7 Å². The van der Waals surface area contributed by atoms with E-state index in [0.29, 0.717) is 0 Å². The number of hydrogen-bond acceptors (Lipinski definition) is 3.